The summed E-state index contributed by atoms with van der Waals surface area (Å²) in [6, 6.07) is 7.07. The molecule has 0 bridgehead atoms. The molecule has 0 spiro atoms. The summed E-state index contributed by atoms with van der Waals surface area (Å²) in [5.74, 6) is 1.04. The molecule has 0 aliphatic carbocycles. The molecule has 0 aliphatic rings. The maximum Gasteiger partial charge on any atom is 0.142 e. The SMILES string of the molecule is Nc1ncccc1-c1nc2c(Cl)cc(Cl)cc2[nH]1. The van der Waals surface area contributed by atoms with Gasteiger partial charge >= 0.3 is 0 Å². The Kier molecular flexibility index (Phi) is 2.61. The predicted octanol–water partition coefficient (Wildman–Crippen LogP) is 3.51. The zero-order valence-corrected chi connectivity index (χ0v) is 10.6. The zero-order chi connectivity index (χ0) is 12.7. The van der Waals surface area contributed by atoms with Gasteiger partial charge in [0.25, 0.3) is 0 Å². The van der Waals surface area contributed by atoms with E-state index in [2.05, 4.69) is 15.0 Å². The van der Waals surface area contributed by atoms with Gasteiger partial charge in [0, 0.05) is 11.2 Å². The van der Waals surface area contributed by atoms with Crippen LogP contribution >= 0.6 is 23.2 Å². The van der Waals surface area contributed by atoms with Gasteiger partial charge in [-0.25, -0.2) is 9.97 Å². The number of imidazole rings is 1. The van der Waals surface area contributed by atoms with Crippen molar-refractivity contribution < 1.29 is 0 Å². The number of rotatable bonds is 1. The smallest absolute Gasteiger partial charge is 0.142 e. The molecule has 0 atom stereocenters. The van der Waals surface area contributed by atoms with Crippen molar-refractivity contribution in [2.45, 2.75) is 0 Å². The molecule has 3 N–H and O–H groups in total. The van der Waals surface area contributed by atoms with E-state index in [0.29, 0.717) is 27.2 Å². The molecule has 90 valence electrons. The van der Waals surface area contributed by atoms with Crippen LogP contribution in [0.4, 0.5) is 5.82 Å². The summed E-state index contributed by atoms with van der Waals surface area (Å²) in [6.45, 7) is 0. The lowest BCUT2D eigenvalue weighted by molar-refractivity contribution is 1.28. The van der Waals surface area contributed by atoms with Crippen LogP contribution in [0.25, 0.3) is 22.4 Å². The Morgan fingerprint density at radius 1 is 1.22 bits per heavy atom. The minimum Gasteiger partial charge on any atom is -0.383 e. The molecule has 2 aromatic heterocycles. The van der Waals surface area contributed by atoms with E-state index in [-0.39, 0.29) is 0 Å². The van der Waals surface area contributed by atoms with Crippen molar-refractivity contribution in [2.75, 3.05) is 5.73 Å². The Balaban J connectivity index is 2.26. The van der Waals surface area contributed by atoms with E-state index in [1.54, 1.807) is 24.4 Å². The molecule has 3 rings (SSSR count). The van der Waals surface area contributed by atoms with Crippen LogP contribution in [0.1, 0.15) is 0 Å². The first-order valence-electron chi connectivity index (χ1n) is 5.21. The number of hydrogen-bond donors (Lipinski definition) is 2. The Morgan fingerprint density at radius 3 is 2.83 bits per heavy atom. The highest BCUT2D eigenvalue weighted by atomic mass is 35.5. The fourth-order valence-corrected chi connectivity index (χ4v) is 2.32. The first-order valence-corrected chi connectivity index (χ1v) is 5.96. The van der Waals surface area contributed by atoms with Gasteiger partial charge in [-0.3, -0.25) is 0 Å². The molecular formula is C12H8Cl2N4. The maximum atomic E-state index is 6.09. The summed E-state index contributed by atoms with van der Waals surface area (Å²) < 4.78 is 0. The minimum absolute atomic E-state index is 0.416. The van der Waals surface area contributed by atoms with Gasteiger partial charge < -0.3 is 10.7 Å². The molecule has 0 aliphatic heterocycles. The Bertz CT molecular complexity index is 736. The van der Waals surface area contributed by atoms with Crippen LogP contribution in [0.2, 0.25) is 10.0 Å². The molecule has 2 heterocycles. The van der Waals surface area contributed by atoms with E-state index >= 15 is 0 Å². The number of H-pyrrole nitrogens is 1. The van der Waals surface area contributed by atoms with Crippen molar-refractivity contribution in [3.63, 3.8) is 0 Å². The molecule has 0 saturated heterocycles. The van der Waals surface area contributed by atoms with Crippen LogP contribution in [0, 0.1) is 0 Å². The number of halogens is 2. The standard InChI is InChI=1S/C12H8Cl2N4/c13-6-4-8(14)10-9(5-6)17-12(18-10)7-2-1-3-16-11(7)15/h1-5H,(H2,15,16)(H,17,18). The Labute approximate surface area is 113 Å². The minimum atomic E-state index is 0.416. The number of hydrogen-bond acceptors (Lipinski definition) is 3. The van der Waals surface area contributed by atoms with E-state index in [1.165, 1.54) is 0 Å². The number of aromatic amines is 1. The zero-order valence-electron chi connectivity index (χ0n) is 9.11. The number of nitrogen functional groups attached to an aromatic ring is 1. The number of nitrogens with zero attached hydrogens (tertiary/aromatic N) is 2. The second kappa shape index (κ2) is 4.15. The van der Waals surface area contributed by atoms with Crippen molar-refractivity contribution in [3.05, 3.63) is 40.5 Å². The van der Waals surface area contributed by atoms with Gasteiger partial charge in [0.2, 0.25) is 0 Å². The van der Waals surface area contributed by atoms with Crippen molar-refractivity contribution in [3.8, 4) is 11.4 Å². The molecule has 18 heavy (non-hydrogen) atoms. The van der Waals surface area contributed by atoms with Crippen molar-refractivity contribution >= 4 is 40.1 Å². The highest BCUT2D eigenvalue weighted by molar-refractivity contribution is 6.38. The second-order valence-corrected chi connectivity index (χ2v) is 4.65. The monoisotopic (exact) mass is 278 g/mol. The van der Waals surface area contributed by atoms with Crippen LogP contribution in [0.3, 0.4) is 0 Å². The number of aromatic nitrogens is 3. The number of nitrogens with one attached hydrogen (secondary N) is 1. The summed E-state index contributed by atoms with van der Waals surface area (Å²) in [5.41, 5.74) is 7.98. The number of nitrogens with two attached hydrogens (primary N) is 1. The third-order valence-electron chi connectivity index (χ3n) is 2.60. The summed E-state index contributed by atoms with van der Waals surface area (Å²) >= 11 is 12.0. The van der Waals surface area contributed by atoms with Gasteiger partial charge in [-0.1, -0.05) is 23.2 Å². The molecular weight excluding hydrogens is 271 g/mol. The average molecular weight is 279 g/mol. The summed E-state index contributed by atoms with van der Waals surface area (Å²) in [4.78, 5) is 11.6. The predicted molar refractivity (Wildman–Crippen MR) is 73.8 cm³/mol. The third kappa shape index (κ3) is 1.79. The molecule has 0 radical (unpaired) electrons. The van der Waals surface area contributed by atoms with Gasteiger partial charge in [-0.15, -0.1) is 0 Å². The average Bonchev–Trinajstić information content (AvgIpc) is 2.73. The van der Waals surface area contributed by atoms with E-state index in [4.69, 9.17) is 28.9 Å². The van der Waals surface area contributed by atoms with E-state index in [1.807, 2.05) is 6.07 Å². The normalized spacial score (nSPS) is 11.0. The Hall–Kier alpha value is -1.78. The van der Waals surface area contributed by atoms with E-state index in [0.717, 1.165) is 11.1 Å². The summed E-state index contributed by atoms with van der Waals surface area (Å²) in [6.07, 6.45) is 1.63. The summed E-state index contributed by atoms with van der Waals surface area (Å²) in [5, 5.41) is 1.06. The third-order valence-corrected chi connectivity index (χ3v) is 3.10. The van der Waals surface area contributed by atoms with Crippen molar-refractivity contribution in [1.29, 1.82) is 0 Å². The number of fused-ring (bicyclic) bond motifs is 1. The molecule has 0 saturated carbocycles. The lowest BCUT2D eigenvalue weighted by Gasteiger charge is -1.98. The fourth-order valence-electron chi connectivity index (χ4n) is 1.79. The molecule has 4 nitrogen and oxygen atoms in total. The topological polar surface area (TPSA) is 67.6 Å². The quantitative estimate of drug-likeness (QED) is 0.716. The first-order chi connectivity index (χ1) is 8.65. The Morgan fingerprint density at radius 2 is 2.06 bits per heavy atom. The fraction of sp³-hybridized carbons (Fsp3) is 0. The van der Waals surface area contributed by atoms with Crippen LogP contribution in [-0.2, 0) is 0 Å². The van der Waals surface area contributed by atoms with Crippen LogP contribution in [0.15, 0.2) is 30.5 Å². The summed E-state index contributed by atoms with van der Waals surface area (Å²) in [7, 11) is 0. The first kappa shape index (κ1) is 11.3. The van der Waals surface area contributed by atoms with Gasteiger partial charge in [-0.05, 0) is 24.3 Å². The van der Waals surface area contributed by atoms with E-state index in [9.17, 15) is 0 Å². The largest absolute Gasteiger partial charge is 0.383 e. The second-order valence-electron chi connectivity index (χ2n) is 3.81. The maximum absolute atomic E-state index is 6.09. The number of pyridine rings is 1. The lowest BCUT2D eigenvalue weighted by atomic mass is 10.2. The molecule has 0 amide bonds. The molecule has 3 aromatic rings. The molecule has 0 unspecified atom stereocenters. The van der Waals surface area contributed by atoms with Gasteiger partial charge in [-0.2, -0.15) is 0 Å². The number of benzene rings is 1. The van der Waals surface area contributed by atoms with Crippen LogP contribution in [0.5, 0.6) is 0 Å². The molecule has 0 fully saturated rings. The van der Waals surface area contributed by atoms with E-state index < -0.39 is 0 Å². The van der Waals surface area contributed by atoms with Crippen molar-refractivity contribution in [1.82, 2.24) is 15.0 Å². The van der Waals surface area contributed by atoms with Gasteiger partial charge in [0.05, 0.1) is 16.1 Å². The molecule has 6 heteroatoms. The van der Waals surface area contributed by atoms with Gasteiger partial charge in [0.1, 0.15) is 17.2 Å². The number of anilines is 1. The van der Waals surface area contributed by atoms with Crippen LogP contribution < -0.4 is 5.73 Å². The highest BCUT2D eigenvalue weighted by Crippen LogP contribution is 2.30. The van der Waals surface area contributed by atoms with Gasteiger partial charge in [0.15, 0.2) is 0 Å². The molecule has 1 aromatic carbocycles. The van der Waals surface area contributed by atoms with Crippen molar-refractivity contribution in [2.24, 2.45) is 0 Å². The lowest BCUT2D eigenvalue weighted by Crippen LogP contribution is -1.93. The highest BCUT2D eigenvalue weighted by Gasteiger charge is 2.11. The van der Waals surface area contributed by atoms with Crippen LogP contribution in [-0.4, -0.2) is 15.0 Å².